The number of likely N-dealkylation sites (tertiary alicyclic amines) is 1. The van der Waals surface area contributed by atoms with Crippen molar-refractivity contribution in [1.29, 1.82) is 0 Å². The molecule has 0 saturated carbocycles. The molecule has 24 heavy (non-hydrogen) atoms. The van der Waals surface area contributed by atoms with Crippen LogP contribution < -0.4 is 10.1 Å². The third-order valence-corrected chi connectivity index (χ3v) is 3.88. The molecule has 2 aromatic rings. The van der Waals surface area contributed by atoms with Gasteiger partial charge in [0.05, 0.1) is 11.8 Å². The van der Waals surface area contributed by atoms with Crippen LogP contribution in [0.5, 0.6) is 5.75 Å². The maximum Gasteiger partial charge on any atom is 0.260 e. The summed E-state index contributed by atoms with van der Waals surface area (Å²) in [5.41, 5.74) is 1.09. The maximum atomic E-state index is 12.1. The number of carbonyl (C=O) groups is 2. The maximum absolute atomic E-state index is 12.1. The number of amides is 2. The third-order valence-electron chi connectivity index (χ3n) is 3.88. The summed E-state index contributed by atoms with van der Waals surface area (Å²) in [6.45, 7) is 1.63. The molecule has 126 valence electrons. The molecule has 0 atom stereocenters. The average molecular weight is 328 g/mol. The highest BCUT2D eigenvalue weighted by molar-refractivity contribution is 6.04. The molecule has 0 spiro atoms. The van der Waals surface area contributed by atoms with Gasteiger partial charge in [0.25, 0.3) is 11.8 Å². The third kappa shape index (κ3) is 3.92. The highest BCUT2D eigenvalue weighted by Gasteiger charge is 2.18. The summed E-state index contributed by atoms with van der Waals surface area (Å²) in [6, 6.07) is 7.00. The van der Waals surface area contributed by atoms with Crippen LogP contribution in [-0.4, -0.2) is 46.2 Å². The Morgan fingerprint density at radius 3 is 2.79 bits per heavy atom. The first-order valence-corrected chi connectivity index (χ1v) is 7.92. The first kappa shape index (κ1) is 16.0. The van der Waals surface area contributed by atoms with Crippen LogP contribution in [-0.2, 0) is 11.8 Å². The van der Waals surface area contributed by atoms with Gasteiger partial charge in [-0.1, -0.05) is 6.07 Å². The van der Waals surface area contributed by atoms with Gasteiger partial charge in [-0.15, -0.1) is 0 Å². The highest BCUT2D eigenvalue weighted by atomic mass is 16.5. The Morgan fingerprint density at radius 2 is 2.08 bits per heavy atom. The minimum absolute atomic E-state index is 0.00250. The molecule has 1 aromatic heterocycles. The Hall–Kier alpha value is -2.83. The zero-order chi connectivity index (χ0) is 16.9. The van der Waals surface area contributed by atoms with Gasteiger partial charge in [-0.2, -0.15) is 5.10 Å². The molecule has 1 N–H and O–H groups in total. The van der Waals surface area contributed by atoms with Crippen LogP contribution in [0.2, 0.25) is 0 Å². The number of ether oxygens (including phenoxy) is 1. The number of aromatic nitrogens is 2. The van der Waals surface area contributed by atoms with Gasteiger partial charge in [-0.3, -0.25) is 14.3 Å². The molecule has 2 amide bonds. The van der Waals surface area contributed by atoms with E-state index in [9.17, 15) is 9.59 Å². The van der Waals surface area contributed by atoms with Crippen molar-refractivity contribution < 1.29 is 14.3 Å². The molecule has 0 radical (unpaired) electrons. The molecule has 0 aliphatic carbocycles. The molecule has 1 aliphatic heterocycles. The molecule has 0 unspecified atom stereocenters. The predicted octanol–water partition coefficient (Wildman–Crippen LogP) is 1.67. The van der Waals surface area contributed by atoms with E-state index < -0.39 is 0 Å². The molecule has 7 heteroatoms. The lowest BCUT2D eigenvalue weighted by molar-refractivity contribution is -0.132. The first-order valence-electron chi connectivity index (χ1n) is 7.92. The fourth-order valence-corrected chi connectivity index (χ4v) is 2.61. The summed E-state index contributed by atoms with van der Waals surface area (Å²) < 4.78 is 7.12. The van der Waals surface area contributed by atoms with Gasteiger partial charge in [0.15, 0.2) is 6.61 Å². The van der Waals surface area contributed by atoms with E-state index >= 15 is 0 Å². The second kappa shape index (κ2) is 7.16. The number of aryl methyl sites for hydroxylation is 1. The highest BCUT2D eigenvalue weighted by Crippen LogP contribution is 2.18. The van der Waals surface area contributed by atoms with E-state index in [1.165, 1.54) is 6.20 Å². The standard InChI is InChI=1S/C17H20N4O3/c1-20-11-13(10-18-20)17(23)19-14-5-4-6-15(9-14)24-12-16(22)21-7-2-3-8-21/h4-6,9-11H,2-3,7-8,12H2,1H3,(H,19,23). The largest absolute Gasteiger partial charge is 0.484 e. The lowest BCUT2D eigenvalue weighted by Gasteiger charge is -2.15. The number of nitrogens with zero attached hydrogens (tertiary/aromatic N) is 3. The van der Waals surface area contributed by atoms with Crippen LogP contribution in [0.15, 0.2) is 36.7 Å². The van der Waals surface area contributed by atoms with Gasteiger partial charge in [-0.25, -0.2) is 0 Å². The second-order valence-electron chi connectivity index (χ2n) is 5.76. The summed E-state index contributed by atoms with van der Waals surface area (Å²) in [5, 5.41) is 6.76. The number of carbonyl (C=O) groups excluding carboxylic acids is 2. The number of nitrogens with one attached hydrogen (secondary N) is 1. The molecule has 3 rings (SSSR count). The molecule has 1 aliphatic rings. The lowest BCUT2D eigenvalue weighted by Crippen LogP contribution is -2.32. The first-order chi connectivity index (χ1) is 11.6. The van der Waals surface area contributed by atoms with Crippen molar-refractivity contribution in [3.63, 3.8) is 0 Å². The van der Waals surface area contributed by atoms with E-state index in [-0.39, 0.29) is 18.4 Å². The van der Waals surface area contributed by atoms with Crippen LogP contribution in [0, 0.1) is 0 Å². The van der Waals surface area contributed by atoms with Crippen LogP contribution in [0.25, 0.3) is 0 Å². The summed E-state index contributed by atoms with van der Waals surface area (Å²) in [5.74, 6) is 0.303. The molecule has 1 fully saturated rings. The van der Waals surface area contributed by atoms with Crippen molar-refractivity contribution in [2.24, 2.45) is 7.05 Å². The summed E-state index contributed by atoms with van der Waals surface area (Å²) >= 11 is 0. The number of anilines is 1. The van der Waals surface area contributed by atoms with Crippen LogP contribution >= 0.6 is 0 Å². The Bertz CT molecular complexity index is 735. The summed E-state index contributed by atoms with van der Waals surface area (Å²) in [7, 11) is 1.75. The molecule has 0 bridgehead atoms. The van der Waals surface area contributed by atoms with Crippen molar-refractivity contribution in [2.75, 3.05) is 25.0 Å². The topological polar surface area (TPSA) is 76.5 Å². The van der Waals surface area contributed by atoms with Gasteiger partial charge in [0, 0.05) is 38.1 Å². The number of benzene rings is 1. The number of rotatable bonds is 5. The van der Waals surface area contributed by atoms with Crippen LogP contribution in [0.3, 0.4) is 0 Å². The van der Waals surface area contributed by atoms with E-state index in [0.717, 1.165) is 25.9 Å². The van der Waals surface area contributed by atoms with Crippen molar-refractivity contribution in [3.8, 4) is 5.75 Å². The molecular formula is C17H20N4O3. The lowest BCUT2D eigenvalue weighted by atomic mass is 10.2. The fraction of sp³-hybridized carbons (Fsp3) is 0.353. The molecule has 1 aromatic carbocycles. The van der Waals surface area contributed by atoms with E-state index in [1.54, 1.807) is 42.2 Å². The van der Waals surface area contributed by atoms with E-state index in [2.05, 4.69) is 10.4 Å². The molecular weight excluding hydrogens is 308 g/mol. The monoisotopic (exact) mass is 328 g/mol. The SMILES string of the molecule is Cn1cc(C(=O)Nc2cccc(OCC(=O)N3CCCC3)c2)cn1. The van der Waals surface area contributed by atoms with Crippen molar-refractivity contribution >= 4 is 17.5 Å². The Balaban J connectivity index is 1.57. The molecule has 2 heterocycles. The molecule has 1 saturated heterocycles. The van der Waals surface area contributed by atoms with E-state index in [4.69, 9.17) is 4.74 Å². The minimum Gasteiger partial charge on any atom is -0.484 e. The Kier molecular flexibility index (Phi) is 4.79. The zero-order valence-corrected chi connectivity index (χ0v) is 13.6. The van der Waals surface area contributed by atoms with Gasteiger partial charge in [0.2, 0.25) is 0 Å². The Morgan fingerprint density at radius 1 is 1.29 bits per heavy atom. The van der Waals surface area contributed by atoms with Crippen LogP contribution in [0.1, 0.15) is 23.2 Å². The predicted molar refractivity (Wildman–Crippen MR) is 88.9 cm³/mol. The number of hydrogen-bond acceptors (Lipinski definition) is 4. The van der Waals surface area contributed by atoms with Crippen LogP contribution in [0.4, 0.5) is 5.69 Å². The minimum atomic E-state index is -0.242. The number of hydrogen-bond donors (Lipinski definition) is 1. The fourth-order valence-electron chi connectivity index (χ4n) is 2.61. The van der Waals surface area contributed by atoms with E-state index in [0.29, 0.717) is 17.0 Å². The van der Waals surface area contributed by atoms with Crippen molar-refractivity contribution in [1.82, 2.24) is 14.7 Å². The Labute approximate surface area is 140 Å². The van der Waals surface area contributed by atoms with Gasteiger partial charge < -0.3 is 15.0 Å². The zero-order valence-electron chi connectivity index (χ0n) is 13.6. The van der Waals surface area contributed by atoms with Crippen molar-refractivity contribution in [2.45, 2.75) is 12.8 Å². The molecule has 7 nitrogen and oxygen atoms in total. The quantitative estimate of drug-likeness (QED) is 0.906. The second-order valence-corrected chi connectivity index (χ2v) is 5.76. The smallest absolute Gasteiger partial charge is 0.260 e. The summed E-state index contributed by atoms with van der Waals surface area (Å²) in [6.07, 6.45) is 5.26. The van der Waals surface area contributed by atoms with Gasteiger partial charge >= 0.3 is 0 Å². The average Bonchev–Trinajstić information content (AvgIpc) is 3.24. The normalized spacial score (nSPS) is 13.8. The van der Waals surface area contributed by atoms with Gasteiger partial charge in [-0.05, 0) is 25.0 Å². The summed E-state index contributed by atoms with van der Waals surface area (Å²) in [4.78, 5) is 25.9. The van der Waals surface area contributed by atoms with Crippen molar-refractivity contribution in [3.05, 3.63) is 42.2 Å². The van der Waals surface area contributed by atoms with E-state index in [1.807, 2.05) is 4.90 Å². The van der Waals surface area contributed by atoms with Gasteiger partial charge in [0.1, 0.15) is 5.75 Å².